The lowest BCUT2D eigenvalue weighted by atomic mass is 10.1. The van der Waals surface area contributed by atoms with Crippen LogP contribution in [0.4, 0.5) is 0 Å². The Kier molecular flexibility index (Phi) is 4.74. The number of ether oxygens (including phenoxy) is 1. The van der Waals surface area contributed by atoms with E-state index in [1.54, 1.807) is 11.3 Å². The molecule has 0 bridgehead atoms. The van der Waals surface area contributed by atoms with Crippen LogP contribution in [-0.4, -0.2) is 41.8 Å². The summed E-state index contributed by atoms with van der Waals surface area (Å²) in [7, 11) is 0. The topological polar surface area (TPSA) is 49.8 Å². The predicted molar refractivity (Wildman–Crippen MR) is 70.9 cm³/mol. The number of morpholine rings is 1. The first kappa shape index (κ1) is 13.5. The van der Waals surface area contributed by atoms with Gasteiger partial charge in [0.05, 0.1) is 19.6 Å². The number of carboxylic acids is 1. The fourth-order valence-electron chi connectivity index (χ4n) is 2.54. The number of nitrogens with zero attached hydrogens (tertiary/aromatic N) is 1. The number of carbonyl (C=O) groups is 1. The molecule has 0 aromatic carbocycles. The van der Waals surface area contributed by atoms with E-state index in [1.165, 1.54) is 4.88 Å². The maximum absolute atomic E-state index is 10.9. The Labute approximate surface area is 111 Å². The van der Waals surface area contributed by atoms with Gasteiger partial charge in [0.25, 0.3) is 0 Å². The highest BCUT2D eigenvalue weighted by Gasteiger charge is 2.31. The number of carboxylic acid groups (broad SMARTS) is 1. The van der Waals surface area contributed by atoms with E-state index in [-0.39, 0.29) is 12.5 Å². The molecule has 0 amide bonds. The van der Waals surface area contributed by atoms with Crippen LogP contribution in [0.15, 0.2) is 17.5 Å². The molecule has 1 saturated heterocycles. The van der Waals surface area contributed by atoms with Crippen molar-refractivity contribution in [2.24, 2.45) is 0 Å². The van der Waals surface area contributed by atoms with Crippen LogP contribution in [0.5, 0.6) is 0 Å². The summed E-state index contributed by atoms with van der Waals surface area (Å²) in [6, 6.07) is 4.49. The van der Waals surface area contributed by atoms with Crippen LogP contribution in [-0.2, 0) is 9.53 Å². The van der Waals surface area contributed by atoms with Gasteiger partial charge in [-0.1, -0.05) is 13.0 Å². The van der Waals surface area contributed by atoms with Crippen molar-refractivity contribution in [2.45, 2.75) is 31.8 Å². The number of rotatable bonds is 5. The van der Waals surface area contributed by atoms with Crippen LogP contribution >= 0.6 is 11.3 Å². The molecule has 0 aliphatic carbocycles. The van der Waals surface area contributed by atoms with Gasteiger partial charge in [-0.15, -0.1) is 11.3 Å². The minimum Gasteiger partial charge on any atom is -0.481 e. The summed E-state index contributed by atoms with van der Waals surface area (Å²) in [5, 5.41) is 11.1. The molecule has 1 aromatic rings. The molecule has 2 rings (SSSR count). The van der Waals surface area contributed by atoms with Crippen LogP contribution in [0.25, 0.3) is 0 Å². The summed E-state index contributed by atoms with van der Waals surface area (Å²) in [6.07, 6.45) is 1.15. The van der Waals surface area contributed by atoms with E-state index >= 15 is 0 Å². The Bertz CT molecular complexity index is 380. The molecule has 0 spiro atoms. The summed E-state index contributed by atoms with van der Waals surface area (Å²) < 4.78 is 5.42. The van der Waals surface area contributed by atoms with Gasteiger partial charge in [-0.05, 0) is 17.9 Å². The van der Waals surface area contributed by atoms with Gasteiger partial charge in [0.2, 0.25) is 0 Å². The lowest BCUT2D eigenvalue weighted by molar-refractivity contribution is -0.141. The molecular weight excluding hydrogens is 250 g/mol. The van der Waals surface area contributed by atoms with E-state index in [0.29, 0.717) is 19.3 Å². The number of hydrogen-bond donors (Lipinski definition) is 1. The Morgan fingerprint density at radius 3 is 3.17 bits per heavy atom. The van der Waals surface area contributed by atoms with E-state index in [4.69, 9.17) is 9.84 Å². The highest BCUT2D eigenvalue weighted by atomic mass is 32.1. The van der Waals surface area contributed by atoms with Crippen molar-refractivity contribution < 1.29 is 14.6 Å². The lowest BCUT2D eigenvalue weighted by Gasteiger charge is -2.39. The zero-order valence-corrected chi connectivity index (χ0v) is 11.4. The fraction of sp³-hybridized carbons (Fsp3) is 0.615. The van der Waals surface area contributed by atoms with Crippen molar-refractivity contribution in [3.63, 3.8) is 0 Å². The van der Waals surface area contributed by atoms with Crippen molar-refractivity contribution in [3.8, 4) is 0 Å². The smallest absolute Gasteiger partial charge is 0.305 e. The van der Waals surface area contributed by atoms with Gasteiger partial charge in [-0.3, -0.25) is 9.69 Å². The van der Waals surface area contributed by atoms with E-state index in [0.717, 1.165) is 13.0 Å². The first-order valence-corrected chi connectivity index (χ1v) is 7.19. The van der Waals surface area contributed by atoms with Gasteiger partial charge in [0.1, 0.15) is 0 Å². The molecule has 2 unspecified atom stereocenters. The Morgan fingerprint density at radius 1 is 1.72 bits per heavy atom. The van der Waals surface area contributed by atoms with Gasteiger partial charge in [-0.2, -0.15) is 0 Å². The van der Waals surface area contributed by atoms with Crippen molar-refractivity contribution >= 4 is 17.3 Å². The molecule has 18 heavy (non-hydrogen) atoms. The van der Waals surface area contributed by atoms with Crippen LogP contribution in [0.1, 0.15) is 30.7 Å². The first-order valence-electron chi connectivity index (χ1n) is 6.31. The SMILES string of the molecule is CCC(c1cccs1)N1CCOCC1CC(=O)O. The summed E-state index contributed by atoms with van der Waals surface area (Å²) in [6.45, 7) is 4.18. The second-order valence-electron chi connectivity index (χ2n) is 4.50. The molecule has 2 heterocycles. The zero-order valence-electron chi connectivity index (χ0n) is 10.5. The molecule has 1 aliphatic heterocycles. The van der Waals surface area contributed by atoms with Crippen LogP contribution < -0.4 is 0 Å². The Hall–Kier alpha value is -0.910. The molecule has 5 heteroatoms. The largest absolute Gasteiger partial charge is 0.481 e. The molecule has 1 fully saturated rings. The number of hydrogen-bond acceptors (Lipinski definition) is 4. The van der Waals surface area contributed by atoms with E-state index in [9.17, 15) is 4.79 Å². The van der Waals surface area contributed by atoms with Crippen LogP contribution in [0.2, 0.25) is 0 Å². The Balaban J connectivity index is 2.13. The third-order valence-corrected chi connectivity index (χ3v) is 4.32. The van der Waals surface area contributed by atoms with E-state index < -0.39 is 5.97 Å². The van der Waals surface area contributed by atoms with E-state index in [2.05, 4.69) is 29.3 Å². The number of aliphatic carboxylic acids is 1. The minimum absolute atomic E-state index is 0.0108. The van der Waals surface area contributed by atoms with Gasteiger partial charge < -0.3 is 9.84 Å². The van der Waals surface area contributed by atoms with Crippen molar-refractivity contribution in [3.05, 3.63) is 22.4 Å². The van der Waals surface area contributed by atoms with Gasteiger partial charge in [0.15, 0.2) is 0 Å². The third-order valence-electron chi connectivity index (χ3n) is 3.34. The summed E-state index contributed by atoms with van der Waals surface area (Å²) in [5.41, 5.74) is 0. The fourth-order valence-corrected chi connectivity index (χ4v) is 3.47. The molecule has 1 N–H and O–H groups in total. The predicted octanol–water partition coefficient (Wildman–Crippen LogP) is 2.37. The van der Waals surface area contributed by atoms with E-state index in [1.807, 2.05) is 0 Å². The number of thiophene rings is 1. The van der Waals surface area contributed by atoms with Gasteiger partial charge >= 0.3 is 5.97 Å². The standard InChI is InChI=1S/C13H19NO3S/c1-2-11(12-4-3-7-18-12)14-5-6-17-9-10(14)8-13(15)16/h3-4,7,10-11H,2,5-6,8-9H2,1H3,(H,15,16). The van der Waals surface area contributed by atoms with Gasteiger partial charge in [0, 0.05) is 23.5 Å². The molecule has 0 saturated carbocycles. The molecule has 2 atom stereocenters. The molecule has 0 radical (unpaired) electrons. The zero-order chi connectivity index (χ0) is 13.0. The van der Waals surface area contributed by atoms with Crippen molar-refractivity contribution in [1.82, 2.24) is 4.90 Å². The van der Waals surface area contributed by atoms with Crippen molar-refractivity contribution in [1.29, 1.82) is 0 Å². The third kappa shape index (κ3) is 3.10. The maximum Gasteiger partial charge on any atom is 0.305 e. The van der Waals surface area contributed by atoms with Gasteiger partial charge in [-0.25, -0.2) is 0 Å². The highest BCUT2D eigenvalue weighted by Crippen LogP contribution is 2.31. The lowest BCUT2D eigenvalue weighted by Crippen LogP contribution is -2.47. The Morgan fingerprint density at radius 2 is 2.56 bits per heavy atom. The average Bonchev–Trinajstić information content (AvgIpc) is 2.85. The minimum atomic E-state index is -0.753. The molecular formula is C13H19NO3S. The van der Waals surface area contributed by atoms with Crippen LogP contribution in [0.3, 0.4) is 0 Å². The molecule has 100 valence electrons. The molecule has 4 nitrogen and oxygen atoms in total. The maximum atomic E-state index is 10.9. The molecule has 1 aliphatic rings. The highest BCUT2D eigenvalue weighted by molar-refractivity contribution is 7.10. The monoisotopic (exact) mass is 269 g/mol. The second-order valence-corrected chi connectivity index (χ2v) is 5.48. The quantitative estimate of drug-likeness (QED) is 0.891. The summed E-state index contributed by atoms with van der Waals surface area (Å²) >= 11 is 1.74. The summed E-state index contributed by atoms with van der Waals surface area (Å²) in [4.78, 5) is 14.5. The normalized spacial score (nSPS) is 22.8. The van der Waals surface area contributed by atoms with Crippen LogP contribution in [0, 0.1) is 0 Å². The second kappa shape index (κ2) is 6.31. The molecule has 1 aromatic heterocycles. The first-order chi connectivity index (χ1) is 8.72. The van der Waals surface area contributed by atoms with Crippen molar-refractivity contribution in [2.75, 3.05) is 19.8 Å². The summed E-state index contributed by atoms with van der Waals surface area (Å²) in [5.74, 6) is -0.753. The average molecular weight is 269 g/mol.